The Morgan fingerprint density at radius 1 is 1.12 bits per heavy atom. The van der Waals surface area contributed by atoms with Crippen LogP contribution in [0.5, 0.6) is 0 Å². The molecular formula is C17H13F4NO3S. The van der Waals surface area contributed by atoms with Crippen LogP contribution < -0.4 is 5.32 Å². The predicted molar refractivity (Wildman–Crippen MR) is 89.5 cm³/mol. The molecule has 0 saturated heterocycles. The molecule has 9 heteroatoms. The number of rotatable bonds is 4. The summed E-state index contributed by atoms with van der Waals surface area (Å²) in [6.45, 7) is 0. The van der Waals surface area contributed by atoms with Crippen molar-refractivity contribution in [2.45, 2.75) is 11.9 Å². The van der Waals surface area contributed by atoms with Crippen LogP contribution in [0.25, 0.3) is 0 Å². The quantitative estimate of drug-likeness (QED) is 0.586. The van der Waals surface area contributed by atoms with E-state index in [2.05, 4.69) is 10.1 Å². The molecule has 0 bridgehead atoms. The molecule has 0 aliphatic rings. The molecule has 0 saturated carbocycles. The van der Waals surface area contributed by atoms with E-state index in [0.717, 1.165) is 37.1 Å². The molecule has 2 aromatic carbocycles. The molecule has 26 heavy (non-hydrogen) atoms. The van der Waals surface area contributed by atoms with E-state index in [0.29, 0.717) is 5.56 Å². The van der Waals surface area contributed by atoms with Crippen LogP contribution in [0.4, 0.5) is 28.0 Å². The molecule has 0 unspecified atom stereocenters. The van der Waals surface area contributed by atoms with Gasteiger partial charge in [-0.15, -0.1) is 0 Å². The molecule has 0 aromatic heterocycles. The molecule has 1 amide bonds. The van der Waals surface area contributed by atoms with Crippen molar-refractivity contribution in [1.82, 2.24) is 0 Å². The molecule has 0 fully saturated rings. The molecule has 0 atom stereocenters. The largest absolute Gasteiger partial charge is 0.465 e. The fraction of sp³-hybridized carbons (Fsp3) is 0.176. The highest BCUT2D eigenvalue weighted by Crippen LogP contribution is 2.30. The van der Waals surface area contributed by atoms with Gasteiger partial charge in [-0.1, -0.05) is 30.0 Å². The van der Waals surface area contributed by atoms with E-state index in [1.807, 2.05) is 0 Å². The zero-order valence-electron chi connectivity index (χ0n) is 13.4. The van der Waals surface area contributed by atoms with Gasteiger partial charge in [0.2, 0.25) is 0 Å². The highest BCUT2D eigenvalue weighted by atomic mass is 32.2. The number of thioether (sulfide) groups is 1. The fourth-order valence-corrected chi connectivity index (χ4v) is 2.70. The Bertz CT molecular complexity index is 807. The van der Waals surface area contributed by atoms with Gasteiger partial charge in [-0.25, -0.2) is 9.18 Å². The molecule has 2 aromatic rings. The Labute approximate surface area is 150 Å². The first-order chi connectivity index (χ1) is 12.2. The van der Waals surface area contributed by atoms with Crippen molar-refractivity contribution in [3.8, 4) is 0 Å². The van der Waals surface area contributed by atoms with E-state index in [-0.39, 0.29) is 11.4 Å². The second kappa shape index (κ2) is 8.22. The average molecular weight is 387 g/mol. The summed E-state index contributed by atoms with van der Waals surface area (Å²) in [5.41, 5.74) is -0.732. The number of anilines is 1. The van der Waals surface area contributed by atoms with Crippen LogP contribution in [0, 0.1) is 5.82 Å². The summed E-state index contributed by atoms with van der Waals surface area (Å²) in [6, 6.07) is 8.10. The molecule has 0 heterocycles. The Kier molecular flexibility index (Phi) is 6.25. The van der Waals surface area contributed by atoms with E-state index in [4.69, 9.17) is 0 Å². The minimum absolute atomic E-state index is 0.0539. The molecule has 0 spiro atoms. The number of esters is 1. The second-order valence-electron chi connectivity index (χ2n) is 5.05. The SMILES string of the molecule is COC(=O)c1c(F)cccc1NC(=O)SCc1ccc(C(F)(F)F)cc1. The second-order valence-corrected chi connectivity index (χ2v) is 6.00. The number of halogens is 4. The predicted octanol–water partition coefficient (Wildman–Crippen LogP) is 5.10. The fourth-order valence-electron chi connectivity index (χ4n) is 2.02. The molecular weight excluding hydrogens is 374 g/mol. The smallest absolute Gasteiger partial charge is 0.416 e. The monoisotopic (exact) mass is 387 g/mol. The van der Waals surface area contributed by atoms with E-state index < -0.39 is 34.3 Å². The van der Waals surface area contributed by atoms with Crippen LogP contribution in [0.15, 0.2) is 42.5 Å². The maximum Gasteiger partial charge on any atom is 0.416 e. The number of amides is 1. The number of alkyl halides is 3. The van der Waals surface area contributed by atoms with Gasteiger partial charge in [0.25, 0.3) is 5.24 Å². The van der Waals surface area contributed by atoms with Crippen LogP contribution >= 0.6 is 11.8 Å². The van der Waals surface area contributed by atoms with Crippen LogP contribution in [-0.2, 0) is 16.7 Å². The van der Waals surface area contributed by atoms with Crippen molar-refractivity contribution in [3.05, 3.63) is 65.0 Å². The third-order valence-electron chi connectivity index (χ3n) is 3.29. The van der Waals surface area contributed by atoms with Crippen LogP contribution in [-0.4, -0.2) is 18.3 Å². The van der Waals surface area contributed by atoms with Gasteiger partial charge >= 0.3 is 12.1 Å². The minimum atomic E-state index is -4.43. The zero-order chi connectivity index (χ0) is 19.3. The number of nitrogens with one attached hydrogen (secondary N) is 1. The zero-order valence-corrected chi connectivity index (χ0v) is 14.2. The van der Waals surface area contributed by atoms with Crippen LogP contribution in [0.3, 0.4) is 0 Å². The summed E-state index contributed by atoms with van der Waals surface area (Å²) in [5, 5.41) is 1.78. The Morgan fingerprint density at radius 3 is 2.35 bits per heavy atom. The number of benzene rings is 2. The van der Waals surface area contributed by atoms with Crippen molar-refractivity contribution in [3.63, 3.8) is 0 Å². The first-order valence-electron chi connectivity index (χ1n) is 7.19. The number of hydrogen-bond donors (Lipinski definition) is 1. The lowest BCUT2D eigenvalue weighted by Gasteiger charge is -2.10. The summed E-state index contributed by atoms with van der Waals surface area (Å²) in [5.74, 6) is -1.68. The Balaban J connectivity index is 2.02. The highest BCUT2D eigenvalue weighted by molar-refractivity contribution is 8.13. The minimum Gasteiger partial charge on any atom is -0.465 e. The van der Waals surface area contributed by atoms with Gasteiger partial charge < -0.3 is 10.1 Å². The maximum atomic E-state index is 13.8. The van der Waals surface area contributed by atoms with E-state index in [9.17, 15) is 27.2 Å². The van der Waals surface area contributed by atoms with E-state index in [1.165, 1.54) is 24.3 Å². The third-order valence-corrected chi connectivity index (χ3v) is 4.13. The summed E-state index contributed by atoms with van der Waals surface area (Å²) >= 11 is 0.766. The standard InChI is InChI=1S/C17H13F4NO3S/c1-25-15(23)14-12(18)3-2-4-13(14)22-16(24)26-9-10-5-7-11(8-6-10)17(19,20)21/h2-8H,9H2,1H3,(H,22,24). The lowest BCUT2D eigenvalue weighted by Crippen LogP contribution is -2.13. The van der Waals surface area contributed by atoms with Gasteiger partial charge in [-0.05, 0) is 29.8 Å². The summed E-state index contributed by atoms with van der Waals surface area (Å²) in [4.78, 5) is 23.6. The number of carbonyl (C=O) groups is 2. The van der Waals surface area contributed by atoms with Gasteiger partial charge in [0.15, 0.2) is 0 Å². The molecule has 0 aliphatic carbocycles. The van der Waals surface area contributed by atoms with Crippen molar-refractivity contribution in [1.29, 1.82) is 0 Å². The van der Waals surface area contributed by atoms with Crippen molar-refractivity contribution in [2.24, 2.45) is 0 Å². The number of methoxy groups -OCH3 is 1. The van der Waals surface area contributed by atoms with Gasteiger partial charge in [-0.2, -0.15) is 13.2 Å². The molecule has 138 valence electrons. The summed E-state index contributed by atoms with van der Waals surface area (Å²) in [6.07, 6.45) is -4.43. The van der Waals surface area contributed by atoms with Gasteiger partial charge in [0.05, 0.1) is 18.4 Å². The van der Waals surface area contributed by atoms with E-state index >= 15 is 0 Å². The normalized spacial score (nSPS) is 11.1. The highest BCUT2D eigenvalue weighted by Gasteiger charge is 2.29. The molecule has 0 aliphatic heterocycles. The van der Waals surface area contributed by atoms with Crippen molar-refractivity contribution in [2.75, 3.05) is 12.4 Å². The molecule has 4 nitrogen and oxygen atoms in total. The van der Waals surface area contributed by atoms with Gasteiger partial charge in [-0.3, -0.25) is 4.79 Å². The molecule has 2 rings (SSSR count). The number of carbonyl (C=O) groups excluding carboxylic acids is 2. The van der Waals surface area contributed by atoms with Gasteiger partial charge in [0, 0.05) is 5.75 Å². The molecule has 0 radical (unpaired) electrons. The van der Waals surface area contributed by atoms with Gasteiger partial charge in [0.1, 0.15) is 11.4 Å². The van der Waals surface area contributed by atoms with E-state index in [1.54, 1.807) is 0 Å². The lowest BCUT2D eigenvalue weighted by molar-refractivity contribution is -0.137. The Morgan fingerprint density at radius 2 is 1.77 bits per heavy atom. The summed E-state index contributed by atoms with van der Waals surface area (Å²) < 4.78 is 55.8. The number of hydrogen-bond acceptors (Lipinski definition) is 4. The van der Waals surface area contributed by atoms with Crippen molar-refractivity contribution < 1.29 is 31.9 Å². The third kappa shape index (κ3) is 4.98. The lowest BCUT2D eigenvalue weighted by atomic mass is 10.1. The van der Waals surface area contributed by atoms with Crippen molar-refractivity contribution >= 4 is 28.7 Å². The maximum absolute atomic E-state index is 13.8. The number of ether oxygens (including phenoxy) is 1. The average Bonchev–Trinajstić information content (AvgIpc) is 2.59. The molecule has 1 N–H and O–H groups in total. The Hall–Kier alpha value is -2.55. The first-order valence-corrected chi connectivity index (χ1v) is 8.17. The van der Waals surface area contributed by atoms with Crippen LogP contribution in [0.1, 0.15) is 21.5 Å². The summed E-state index contributed by atoms with van der Waals surface area (Å²) in [7, 11) is 1.08. The topological polar surface area (TPSA) is 55.4 Å². The van der Waals surface area contributed by atoms with Crippen LogP contribution in [0.2, 0.25) is 0 Å². The first kappa shape index (κ1) is 19.8.